The van der Waals surface area contributed by atoms with E-state index in [0.717, 1.165) is 32.0 Å². The number of nitrogens with one attached hydrogen (secondary N) is 3. The first-order chi connectivity index (χ1) is 16.0. The van der Waals surface area contributed by atoms with Gasteiger partial charge >= 0.3 is 0 Å². The highest BCUT2D eigenvalue weighted by atomic mass is 19.1. The van der Waals surface area contributed by atoms with Crippen molar-refractivity contribution < 1.29 is 13.6 Å². The molecule has 5 rings (SSSR count). The number of rotatable bonds is 4. The molecule has 0 bridgehead atoms. The smallest absolute Gasteiger partial charge is 0.225 e. The van der Waals surface area contributed by atoms with Gasteiger partial charge in [-0.1, -0.05) is 19.3 Å². The molecule has 1 aliphatic carbocycles. The van der Waals surface area contributed by atoms with Crippen LogP contribution in [0.4, 0.5) is 26.4 Å². The third-order valence-corrected chi connectivity index (χ3v) is 5.91. The highest BCUT2D eigenvalue weighted by Crippen LogP contribution is 2.23. The zero-order valence-electron chi connectivity index (χ0n) is 18.7. The van der Waals surface area contributed by atoms with E-state index in [1.807, 2.05) is 4.90 Å². The number of imidazole rings is 1. The lowest BCUT2D eigenvalue weighted by Gasteiger charge is -2.22. The number of aromatic nitrogens is 4. The van der Waals surface area contributed by atoms with Crippen molar-refractivity contribution in [3.8, 4) is 0 Å². The predicted molar refractivity (Wildman–Crippen MR) is 123 cm³/mol. The van der Waals surface area contributed by atoms with Crippen molar-refractivity contribution in [2.75, 3.05) is 23.7 Å². The van der Waals surface area contributed by atoms with Gasteiger partial charge in [0.25, 0.3) is 0 Å². The van der Waals surface area contributed by atoms with Crippen LogP contribution in [-0.4, -0.2) is 49.9 Å². The standard InChI is InChI=1S/C17H18F2N6.C6H11NO/c18-10-6-7-13(12(19)8-10)22-17-23-14-9-20-16(24-15(14)25-17)21-11-4-2-1-3-5-11;1-6(8)7-4-2-3-5-7/h6-9,11H,1-5H2,(H3,20,21,22,23,24,25);2-5H2,1H3. The summed E-state index contributed by atoms with van der Waals surface area (Å²) in [6.45, 7) is 3.59. The monoisotopic (exact) mass is 457 g/mol. The zero-order valence-corrected chi connectivity index (χ0v) is 18.7. The average Bonchev–Trinajstić information content (AvgIpc) is 3.47. The Morgan fingerprint density at radius 1 is 1.09 bits per heavy atom. The SMILES string of the molecule is CC(=O)N1CCCC1.Fc1ccc(Nc2nc3nc(NC4CCCCC4)ncc3[nH]2)c(F)c1. The van der Waals surface area contributed by atoms with Gasteiger partial charge in [-0.15, -0.1) is 0 Å². The molecule has 2 aliphatic rings. The molecule has 1 amide bonds. The number of H-pyrrole nitrogens is 1. The van der Waals surface area contributed by atoms with Crippen LogP contribution in [0.2, 0.25) is 0 Å². The minimum absolute atomic E-state index is 0.133. The van der Waals surface area contributed by atoms with Crippen LogP contribution in [-0.2, 0) is 4.79 Å². The van der Waals surface area contributed by atoms with Gasteiger partial charge in [-0.2, -0.15) is 9.97 Å². The van der Waals surface area contributed by atoms with E-state index < -0.39 is 11.6 Å². The van der Waals surface area contributed by atoms with Crippen LogP contribution in [0.5, 0.6) is 0 Å². The third-order valence-electron chi connectivity index (χ3n) is 5.91. The van der Waals surface area contributed by atoms with Gasteiger partial charge in [0.2, 0.25) is 17.8 Å². The fourth-order valence-corrected chi connectivity index (χ4v) is 4.12. The van der Waals surface area contributed by atoms with Gasteiger partial charge in [0.1, 0.15) is 17.2 Å². The summed E-state index contributed by atoms with van der Waals surface area (Å²) in [6, 6.07) is 3.72. The zero-order chi connectivity index (χ0) is 23.2. The van der Waals surface area contributed by atoms with E-state index in [1.165, 1.54) is 44.2 Å². The molecule has 8 nitrogen and oxygen atoms in total. The number of hydrogen-bond acceptors (Lipinski definition) is 6. The Morgan fingerprint density at radius 2 is 1.85 bits per heavy atom. The summed E-state index contributed by atoms with van der Waals surface area (Å²) < 4.78 is 26.7. The predicted octanol–water partition coefficient (Wildman–Crippen LogP) is 4.75. The van der Waals surface area contributed by atoms with Crippen LogP contribution >= 0.6 is 0 Å². The second kappa shape index (κ2) is 10.5. The van der Waals surface area contributed by atoms with Crippen LogP contribution in [0.3, 0.4) is 0 Å². The number of nitrogens with zero attached hydrogens (tertiary/aromatic N) is 4. The Hall–Kier alpha value is -3.30. The van der Waals surface area contributed by atoms with Crippen molar-refractivity contribution in [1.82, 2.24) is 24.8 Å². The first-order valence-corrected chi connectivity index (χ1v) is 11.4. The molecule has 0 unspecified atom stereocenters. The normalized spacial score (nSPS) is 16.4. The van der Waals surface area contributed by atoms with E-state index in [0.29, 0.717) is 29.1 Å². The Morgan fingerprint density at radius 3 is 2.52 bits per heavy atom. The minimum atomic E-state index is -0.689. The van der Waals surface area contributed by atoms with Gasteiger partial charge in [-0.3, -0.25) is 4.79 Å². The highest BCUT2D eigenvalue weighted by molar-refractivity contribution is 5.75. The Labute approximate surface area is 191 Å². The largest absolute Gasteiger partial charge is 0.351 e. The first kappa shape index (κ1) is 22.9. The molecule has 2 aromatic heterocycles. The molecule has 3 aromatic rings. The van der Waals surface area contributed by atoms with Crippen molar-refractivity contribution in [2.45, 2.75) is 57.9 Å². The van der Waals surface area contributed by atoms with Crippen LogP contribution in [0.25, 0.3) is 11.2 Å². The maximum absolute atomic E-state index is 13.7. The number of carbonyl (C=O) groups is 1. The molecule has 1 saturated carbocycles. The number of aromatic amines is 1. The lowest BCUT2D eigenvalue weighted by Crippen LogP contribution is -2.24. The number of fused-ring (bicyclic) bond motifs is 1. The van der Waals surface area contributed by atoms with Crippen LogP contribution in [0.1, 0.15) is 51.9 Å². The van der Waals surface area contributed by atoms with Gasteiger partial charge in [0, 0.05) is 32.1 Å². The second-order valence-corrected chi connectivity index (χ2v) is 8.46. The van der Waals surface area contributed by atoms with Crippen molar-refractivity contribution in [2.24, 2.45) is 0 Å². The summed E-state index contributed by atoms with van der Waals surface area (Å²) in [5, 5.41) is 6.14. The van der Waals surface area contributed by atoms with E-state index in [9.17, 15) is 13.6 Å². The molecule has 176 valence electrons. The Bertz CT molecular complexity index is 1090. The number of benzene rings is 1. The van der Waals surface area contributed by atoms with E-state index in [2.05, 4.69) is 30.6 Å². The summed E-state index contributed by atoms with van der Waals surface area (Å²) in [5.74, 6) is -0.222. The number of anilines is 3. The first-order valence-electron chi connectivity index (χ1n) is 11.4. The fraction of sp³-hybridized carbons (Fsp3) is 0.478. The molecule has 1 aromatic carbocycles. The molecule has 1 aliphatic heterocycles. The van der Waals surface area contributed by atoms with Gasteiger partial charge in [0.15, 0.2) is 5.65 Å². The van der Waals surface area contributed by atoms with E-state index in [-0.39, 0.29) is 11.6 Å². The summed E-state index contributed by atoms with van der Waals surface area (Å²) in [4.78, 5) is 28.5. The maximum atomic E-state index is 13.7. The van der Waals surface area contributed by atoms with Crippen molar-refractivity contribution in [3.63, 3.8) is 0 Å². The average molecular weight is 458 g/mol. The van der Waals surface area contributed by atoms with Crippen LogP contribution < -0.4 is 10.6 Å². The highest BCUT2D eigenvalue weighted by Gasteiger charge is 2.15. The summed E-state index contributed by atoms with van der Waals surface area (Å²) in [7, 11) is 0. The van der Waals surface area contributed by atoms with Gasteiger partial charge < -0.3 is 20.5 Å². The van der Waals surface area contributed by atoms with Gasteiger partial charge in [0.05, 0.1) is 11.9 Å². The fourth-order valence-electron chi connectivity index (χ4n) is 4.12. The number of amides is 1. The van der Waals surface area contributed by atoms with E-state index >= 15 is 0 Å². The number of likely N-dealkylation sites (tertiary alicyclic amines) is 1. The number of hydrogen-bond donors (Lipinski definition) is 3. The molecule has 1 saturated heterocycles. The molecule has 0 radical (unpaired) electrons. The summed E-state index contributed by atoms with van der Waals surface area (Å²) >= 11 is 0. The van der Waals surface area contributed by atoms with Crippen molar-refractivity contribution in [1.29, 1.82) is 0 Å². The molecule has 3 heterocycles. The molecule has 33 heavy (non-hydrogen) atoms. The van der Waals surface area contributed by atoms with E-state index in [1.54, 1.807) is 13.1 Å². The lowest BCUT2D eigenvalue weighted by atomic mass is 9.96. The second-order valence-electron chi connectivity index (χ2n) is 8.46. The third kappa shape index (κ3) is 6.15. The molecular formula is C23H29F2N7O. The van der Waals surface area contributed by atoms with Gasteiger partial charge in [-0.25, -0.2) is 13.8 Å². The Kier molecular flexibility index (Phi) is 7.31. The van der Waals surface area contributed by atoms with Crippen LogP contribution in [0.15, 0.2) is 24.4 Å². The number of halogens is 2. The molecule has 3 N–H and O–H groups in total. The number of carbonyl (C=O) groups excluding carboxylic acids is 1. The minimum Gasteiger partial charge on any atom is -0.351 e. The Balaban J connectivity index is 0.000000275. The molecule has 0 spiro atoms. The van der Waals surface area contributed by atoms with Gasteiger partial charge in [-0.05, 0) is 37.8 Å². The quantitative estimate of drug-likeness (QED) is 0.523. The van der Waals surface area contributed by atoms with Crippen LogP contribution in [0, 0.1) is 11.6 Å². The van der Waals surface area contributed by atoms with Crippen molar-refractivity contribution in [3.05, 3.63) is 36.0 Å². The molecular weight excluding hydrogens is 428 g/mol. The topological polar surface area (TPSA) is 98.8 Å². The lowest BCUT2D eigenvalue weighted by molar-refractivity contribution is -0.127. The van der Waals surface area contributed by atoms with Crippen molar-refractivity contribution >= 4 is 34.7 Å². The van der Waals surface area contributed by atoms with E-state index in [4.69, 9.17) is 0 Å². The summed E-state index contributed by atoms with van der Waals surface area (Å²) in [6.07, 6.45) is 10.0. The molecule has 2 fully saturated rings. The summed E-state index contributed by atoms with van der Waals surface area (Å²) in [5.41, 5.74) is 1.26. The molecule has 10 heteroatoms. The maximum Gasteiger partial charge on any atom is 0.225 e. The molecule has 0 atom stereocenters.